The molecular weight excluding hydrogens is 478 g/mol. The number of ether oxygens (including phenoxy) is 3. The van der Waals surface area contributed by atoms with Gasteiger partial charge in [0.05, 0.1) is 25.3 Å². The lowest BCUT2D eigenvalue weighted by atomic mass is 10.0. The Kier molecular flexibility index (Phi) is 8.08. The van der Waals surface area contributed by atoms with Crippen LogP contribution in [0.5, 0.6) is 11.5 Å². The minimum atomic E-state index is -0.395. The SMILES string of the molecule is COCCCN1C(=O)c2ccc(C(=O)N3CCCN(C(=O)c4ccc(OC)c(OC)c4)CC3)cc2C1=O. The first-order chi connectivity index (χ1) is 17.9. The Morgan fingerprint density at radius 1 is 0.757 bits per heavy atom. The van der Waals surface area contributed by atoms with Crippen LogP contribution in [0.15, 0.2) is 36.4 Å². The first-order valence-electron chi connectivity index (χ1n) is 12.2. The summed E-state index contributed by atoms with van der Waals surface area (Å²) in [4.78, 5) is 56.5. The third kappa shape index (κ3) is 5.29. The molecule has 4 amide bonds. The number of rotatable bonds is 8. The standard InChI is InChI=1S/C27H31N3O7/c1-35-15-5-12-30-26(33)20-8-6-18(16-21(20)27(30)34)24(31)28-10-4-11-29(14-13-28)25(32)19-7-9-22(36-2)23(17-19)37-3/h6-9,16-17H,4-5,10-15H2,1-3H3. The number of amides is 4. The van der Waals surface area contributed by atoms with Gasteiger partial charge in [-0.1, -0.05) is 0 Å². The predicted octanol–water partition coefficient (Wildman–Crippen LogP) is 2.32. The molecule has 0 bridgehead atoms. The van der Waals surface area contributed by atoms with Crippen molar-refractivity contribution in [2.75, 3.05) is 60.7 Å². The second kappa shape index (κ2) is 11.4. The Morgan fingerprint density at radius 2 is 1.35 bits per heavy atom. The molecule has 0 radical (unpaired) electrons. The molecule has 0 unspecified atom stereocenters. The highest BCUT2D eigenvalue weighted by atomic mass is 16.5. The summed E-state index contributed by atoms with van der Waals surface area (Å²) in [5, 5.41) is 0. The highest BCUT2D eigenvalue weighted by molar-refractivity contribution is 6.22. The zero-order valence-electron chi connectivity index (χ0n) is 21.3. The van der Waals surface area contributed by atoms with Crippen LogP contribution in [-0.2, 0) is 4.74 Å². The van der Waals surface area contributed by atoms with E-state index in [-0.39, 0.29) is 29.8 Å². The summed E-state index contributed by atoms with van der Waals surface area (Å²) in [7, 11) is 4.62. The number of carbonyl (C=O) groups is 4. The van der Waals surface area contributed by atoms with E-state index in [0.29, 0.717) is 73.8 Å². The highest BCUT2D eigenvalue weighted by Gasteiger charge is 2.36. The molecule has 0 aromatic heterocycles. The van der Waals surface area contributed by atoms with Gasteiger partial charge < -0.3 is 24.0 Å². The van der Waals surface area contributed by atoms with Gasteiger partial charge in [-0.2, -0.15) is 0 Å². The molecular formula is C27H31N3O7. The summed E-state index contributed by atoms with van der Waals surface area (Å²) in [5.74, 6) is -0.115. The van der Waals surface area contributed by atoms with Crippen LogP contribution in [-0.4, -0.2) is 99.0 Å². The summed E-state index contributed by atoms with van der Waals surface area (Å²) in [6, 6.07) is 9.67. The molecule has 10 heteroatoms. The Hall–Kier alpha value is -3.92. The van der Waals surface area contributed by atoms with E-state index in [0.717, 1.165) is 0 Å². The van der Waals surface area contributed by atoms with E-state index < -0.39 is 5.91 Å². The molecule has 196 valence electrons. The molecule has 4 rings (SSSR count). The van der Waals surface area contributed by atoms with Crippen molar-refractivity contribution in [3.8, 4) is 11.5 Å². The summed E-state index contributed by atoms with van der Waals surface area (Å²) in [6.45, 7) is 2.41. The van der Waals surface area contributed by atoms with Gasteiger partial charge >= 0.3 is 0 Å². The fraction of sp³-hybridized carbons (Fsp3) is 0.407. The van der Waals surface area contributed by atoms with Gasteiger partial charge in [0.15, 0.2) is 11.5 Å². The van der Waals surface area contributed by atoms with Crippen molar-refractivity contribution in [2.45, 2.75) is 12.8 Å². The molecule has 2 aromatic carbocycles. The maximum Gasteiger partial charge on any atom is 0.261 e. The molecule has 0 N–H and O–H groups in total. The van der Waals surface area contributed by atoms with Gasteiger partial charge in [0.2, 0.25) is 0 Å². The number of hydrogen-bond acceptors (Lipinski definition) is 7. The Morgan fingerprint density at radius 3 is 1.97 bits per heavy atom. The number of benzene rings is 2. The Balaban J connectivity index is 1.43. The van der Waals surface area contributed by atoms with Gasteiger partial charge in [-0.3, -0.25) is 24.1 Å². The van der Waals surface area contributed by atoms with Crippen LogP contribution in [0.3, 0.4) is 0 Å². The summed E-state index contributed by atoms with van der Waals surface area (Å²) in [5.41, 5.74) is 1.38. The van der Waals surface area contributed by atoms with E-state index in [1.807, 2.05) is 0 Å². The van der Waals surface area contributed by atoms with Gasteiger partial charge in [-0.25, -0.2) is 0 Å². The third-order valence-corrected chi connectivity index (χ3v) is 6.65. The second-order valence-electron chi connectivity index (χ2n) is 8.88. The van der Waals surface area contributed by atoms with Crippen LogP contribution in [0.2, 0.25) is 0 Å². The van der Waals surface area contributed by atoms with Crippen molar-refractivity contribution < 1.29 is 33.4 Å². The molecule has 0 atom stereocenters. The maximum atomic E-state index is 13.3. The molecule has 1 fully saturated rings. The number of imide groups is 1. The number of hydrogen-bond donors (Lipinski definition) is 0. The Bertz CT molecular complexity index is 1210. The van der Waals surface area contributed by atoms with Crippen molar-refractivity contribution in [3.63, 3.8) is 0 Å². The second-order valence-corrected chi connectivity index (χ2v) is 8.88. The van der Waals surface area contributed by atoms with Gasteiger partial charge in [-0.15, -0.1) is 0 Å². The molecule has 0 spiro atoms. The van der Waals surface area contributed by atoms with E-state index in [1.54, 1.807) is 47.2 Å². The lowest BCUT2D eigenvalue weighted by Crippen LogP contribution is -2.37. The van der Waals surface area contributed by atoms with E-state index >= 15 is 0 Å². The summed E-state index contributed by atoms with van der Waals surface area (Å²) < 4.78 is 15.6. The smallest absolute Gasteiger partial charge is 0.261 e. The first-order valence-corrected chi connectivity index (χ1v) is 12.2. The molecule has 37 heavy (non-hydrogen) atoms. The molecule has 2 aliphatic heterocycles. The maximum absolute atomic E-state index is 13.3. The molecule has 2 heterocycles. The lowest BCUT2D eigenvalue weighted by molar-refractivity contribution is 0.0637. The molecule has 2 aliphatic rings. The van der Waals surface area contributed by atoms with Gasteiger partial charge in [-0.05, 0) is 49.2 Å². The lowest BCUT2D eigenvalue weighted by Gasteiger charge is -2.23. The molecule has 1 saturated heterocycles. The van der Waals surface area contributed by atoms with Crippen LogP contribution in [0.4, 0.5) is 0 Å². The monoisotopic (exact) mass is 509 g/mol. The van der Waals surface area contributed by atoms with Crippen LogP contribution < -0.4 is 9.47 Å². The van der Waals surface area contributed by atoms with Gasteiger partial charge in [0.1, 0.15) is 0 Å². The number of nitrogens with zero attached hydrogens (tertiary/aromatic N) is 3. The zero-order valence-corrected chi connectivity index (χ0v) is 21.3. The minimum Gasteiger partial charge on any atom is -0.493 e. The third-order valence-electron chi connectivity index (χ3n) is 6.65. The van der Waals surface area contributed by atoms with Gasteiger partial charge in [0, 0.05) is 57.6 Å². The fourth-order valence-corrected chi connectivity index (χ4v) is 4.65. The van der Waals surface area contributed by atoms with Crippen LogP contribution in [0.1, 0.15) is 54.3 Å². The largest absolute Gasteiger partial charge is 0.493 e. The van der Waals surface area contributed by atoms with Crippen molar-refractivity contribution in [1.29, 1.82) is 0 Å². The van der Waals surface area contributed by atoms with Crippen LogP contribution in [0.25, 0.3) is 0 Å². The topological polar surface area (TPSA) is 106 Å². The fourth-order valence-electron chi connectivity index (χ4n) is 4.65. The van der Waals surface area contributed by atoms with Crippen molar-refractivity contribution in [1.82, 2.24) is 14.7 Å². The molecule has 0 aliphatic carbocycles. The van der Waals surface area contributed by atoms with Crippen LogP contribution in [0, 0.1) is 0 Å². The number of fused-ring (bicyclic) bond motifs is 1. The quantitative estimate of drug-likeness (QED) is 0.397. The van der Waals surface area contributed by atoms with Crippen molar-refractivity contribution in [3.05, 3.63) is 58.7 Å². The summed E-state index contributed by atoms with van der Waals surface area (Å²) >= 11 is 0. The minimum absolute atomic E-state index is 0.148. The number of carbonyl (C=O) groups excluding carboxylic acids is 4. The average molecular weight is 510 g/mol. The normalized spacial score (nSPS) is 15.5. The van der Waals surface area contributed by atoms with Crippen LogP contribution >= 0.6 is 0 Å². The number of methoxy groups -OCH3 is 3. The van der Waals surface area contributed by atoms with Crippen molar-refractivity contribution in [2.24, 2.45) is 0 Å². The highest BCUT2D eigenvalue weighted by Crippen LogP contribution is 2.28. The first kappa shape index (κ1) is 26.2. The average Bonchev–Trinajstić information content (AvgIpc) is 3.08. The predicted molar refractivity (Wildman–Crippen MR) is 134 cm³/mol. The zero-order chi connectivity index (χ0) is 26.5. The van der Waals surface area contributed by atoms with E-state index in [9.17, 15) is 19.2 Å². The molecule has 2 aromatic rings. The van der Waals surface area contributed by atoms with Crippen molar-refractivity contribution >= 4 is 23.6 Å². The van der Waals surface area contributed by atoms with E-state index in [1.165, 1.54) is 25.2 Å². The van der Waals surface area contributed by atoms with E-state index in [2.05, 4.69) is 0 Å². The Labute approximate surface area is 215 Å². The van der Waals surface area contributed by atoms with E-state index in [4.69, 9.17) is 14.2 Å². The molecule has 10 nitrogen and oxygen atoms in total. The molecule has 0 saturated carbocycles. The van der Waals surface area contributed by atoms with Gasteiger partial charge in [0.25, 0.3) is 23.6 Å². The summed E-state index contributed by atoms with van der Waals surface area (Å²) in [6.07, 6.45) is 1.15.